The molecular weight excluding hydrogens is 372 g/mol. The molecule has 24 heavy (non-hydrogen) atoms. The first-order chi connectivity index (χ1) is 11.6. The molecule has 7 heteroatoms. The first-order valence-corrected chi connectivity index (χ1v) is 8.52. The van der Waals surface area contributed by atoms with Crippen LogP contribution >= 0.6 is 15.9 Å². The average molecular weight is 387 g/mol. The van der Waals surface area contributed by atoms with Crippen molar-refractivity contribution in [2.75, 3.05) is 6.54 Å². The van der Waals surface area contributed by atoms with Crippen LogP contribution in [-0.2, 0) is 0 Å². The molecule has 3 heterocycles. The van der Waals surface area contributed by atoms with Gasteiger partial charge < -0.3 is 10.1 Å². The van der Waals surface area contributed by atoms with Gasteiger partial charge in [0.15, 0.2) is 0 Å². The van der Waals surface area contributed by atoms with Crippen LogP contribution in [0, 0.1) is 0 Å². The number of rotatable bonds is 2. The Bertz CT molecular complexity index is 907. The van der Waals surface area contributed by atoms with Crippen molar-refractivity contribution in [1.82, 2.24) is 19.9 Å². The molecule has 3 aromatic rings. The minimum Gasteiger partial charge on any atom is -0.465 e. The maximum Gasteiger partial charge on any atom is 0.407 e. The minimum absolute atomic E-state index is 0.191. The Kier molecular flexibility index (Phi) is 3.72. The van der Waals surface area contributed by atoms with E-state index in [0.717, 1.165) is 39.6 Å². The number of likely N-dealkylation sites (tertiary alicyclic amines) is 1. The van der Waals surface area contributed by atoms with Crippen molar-refractivity contribution in [1.29, 1.82) is 0 Å². The molecule has 2 aromatic heterocycles. The van der Waals surface area contributed by atoms with Gasteiger partial charge in [0.05, 0.1) is 22.8 Å². The Balaban J connectivity index is 1.71. The van der Waals surface area contributed by atoms with Crippen LogP contribution in [-0.4, -0.2) is 37.6 Å². The first-order valence-electron chi connectivity index (χ1n) is 7.73. The smallest absolute Gasteiger partial charge is 0.407 e. The van der Waals surface area contributed by atoms with Crippen molar-refractivity contribution >= 4 is 33.1 Å². The molecule has 0 spiro atoms. The summed E-state index contributed by atoms with van der Waals surface area (Å²) in [6, 6.07) is 9.64. The molecule has 0 unspecified atom stereocenters. The van der Waals surface area contributed by atoms with Crippen LogP contribution in [0.4, 0.5) is 4.79 Å². The summed E-state index contributed by atoms with van der Waals surface area (Å²) in [5.41, 5.74) is 3.58. The third-order valence-corrected chi connectivity index (χ3v) is 4.81. The van der Waals surface area contributed by atoms with E-state index in [1.807, 2.05) is 30.3 Å². The molecule has 0 radical (unpaired) electrons. The number of pyridine rings is 1. The van der Waals surface area contributed by atoms with Crippen molar-refractivity contribution < 1.29 is 9.90 Å². The Morgan fingerprint density at radius 2 is 2.21 bits per heavy atom. The Morgan fingerprint density at radius 3 is 2.96 bits per heavy atom. The molecule has 1 aromatic carbocycles. The summed E-state index contributed by atoms with van der Waals surface area (Å²) in [5.74, 6) is 0.714. The van der Waals surface area contributed by atoms with Crippen molar-refractivity contribution in [3.05, 3.63) is 46.8 Å². The van der Waals surface area contributed by atoms with Crippen LogP contribution in [0.25, 0.3) is 22.3 Å². The molecule has 0 saturated carbocycles. The minimum atomic E-state index is -0.891. The number of carboxylic acid groups (broad SMARTS) is 1. The summed E-state index contributed by atoms with van der Waals surface area (Å²) < 4.78 is 0.935. The Hall–Kier alpha value is -2.41. The number of aromatic nitrogens is 3. The topological polar surface area (TPSA) is 82.1 Å². The zero-order chi connectivity index (χ0) is 16.7. The quantitative estimate of drug-likeness (QED) is 0.691. The summed E-state index contributed by atoms with van der Waals surface area (Å²) in [6.45, 7) is 0.561. The Morgan fingerprint density at radius 1 is 1.33 bits per heavy atom. The number of nitrogens with one attached hydrogen (secondary N) is 1. The second-order valence-corrected chi connectivity index (χ2v) is 6.77. The van der Waals surface area contributed by atoms with Crippen molar-refractivity contribution in [2.45, 2.75) is 18.9 Å². The van der Waals surface area contributed by atoms with Crippen LogP contribution in [0.3, 0.4) is 0 Å². The fourth-order valence-corrected chi connectivity index (χ4v) is 3.40. The molecule has 1 saturated heterocycles. The highest BCUT2D eigenvalue weighted by Gasteiger charge is 2.31. The van der Waals surface area contributed by atoms with Crippen molar-refractivity contribution in [3.8, 4) is 11.3 Å². The molecule has 1 aliphatic heterocycles. The molecule has 0 aliphatic carbocycles. The lowest BCUT2D eigenvalue weighted by Gasteiger charge is -2.19. The van der Waals surface area contributed by atoms with E-state index in [4.69, 9.17) is 0 Å². The van der Waals surface area contributed by atoms with Gasteiger partial charge in [0.1, 0.15) is 5.82 Å². The monoisotopic (exact) mass is 386 g/mol. The molecule has 1 amide bonds. The fourth-order valence-electron chi connectivity index (χ4n) is 3.17. The summed E-state index contributed by atoms with van der Waals surface area (Å²) in [4.78, 5) is 25.1. The van der Waals surface area contributed by atoms with Gasteiger partial charge in [-0.15, -0.1) is 0 Å². The standard InChI is InChI=1S/C17H15BrN4O2/c18-11-4-6-12(19-9-11)10-3-5-13-14(8-10)21-16(20-13)15-2-1-7-22(15)17(23)24/h3-6,8-9,15H,1-2,7H2,(H,20,21)(H,23,24)/t15-/m0/s1. The van der Waals surface area contributed by atoms with Gasteiger partial charge in [-0.1, -0.05) is 6.07 Å². The van der Waals surface area contributed by atoms with Crippen LogP contribution in [0.2, 0.25) is 0 Å². The number of halogens is 1. The van der Waals surface area contributed by atoms with Crippen molar-refractivity contribution in [2.24, 2.45) is 0 Å². The largest absolute Gasteiger partial charge is 0.465 e. The van der Waals surface area contributed by atoms with Crippen molar-refractivity contribution in [3.63, 3.8) is 0 Å². The molecular formula is C17H15BrN4O2. The normalized spacial score (nSPS) is 17.5. The zero-order valence-electron chi connectivity index (χ0n) is 12.7. The molecule has 2 N–H and O–H groups in total. The van der Waals surface area contributed by atoms with Crippen LogP contribution in [0.1, 0.15) is 24.7 Å². The molecule has 0 bridgehead atoms. The van der Waals surface area contributed by atoms with Crippen LogP contribution in [0.15, 0.2) is 41.0 Å². The predicted molar refractivity (Wildman–Crippen MR) is 93.7 cm³/mol. The van der Waals surface area contributed by atoms with E-state index >= 15 is 0 Å². The number of carbonyl (C=O) groups is 1. The van der Waals surface area contributed by atoms with Gasteiger partial charge in [-0.2, -0.15) is 0 Å². The summed E-state index contributed by atoms with van der Waals surface area (Å²) in [6.07, 6.45) is 2.53. The van der Waals surface area contributed by atoms with E-state index in [1.54, 1.807) is 6.20 Å². The molecule has 122 valence electrons. The van der Waals surface area contributed by atoms with E-state index in [9.17, 15) is 9.90 Å². The van der Waals surface area contributed by atoms with E-state index in [2.05, 4.69) is 30.9 Å². The van der Waals surface area contributed by atoms with E-state index in [-0.39, 0.29) is 6.04 Å². The third-order valence-electron chi connectivity index (χ3n) is 4.34. The molecule has 1 aliphatic rings. The van der Waals surface area contributed by atoms with E-state index in [0.29, 0.717) is 12.4 Å². The highest BCUT2D eigenvalue weighted by atomic mass is 79.9. The molecule has 4 rings (SSSR count). The Labute approximate surface area is 146 Å². The van der Waals surface area contributed by atoms with Gasteiger partial charge in [-0.05, 0) is 53.0 Å². The lowest BCUT2D eigenvalue weighted by molar-refractivity contribution is 0.139. The highest BCUT2D eigenvalue weighted by Crippen LogP contribution is 2.32. The SMILES string of the molecule is O=C(O)N1CCC[C@H]1c1nc2cc(-c3ccc(Br)cn3)ccc2[nH]1. The number of H-pyrrole nitrogens is 1. The second-order valence-electron chi connectivity index (χ2n) is 5.85. The zero-order valence-corrected chi connectivity index (χ0v) is 14.3. The van der Waals surface area contributed by atoms with Gasteiger partial charge in [0.2, 0.25) is 0 Å². The van der Waals surface area contributed by atoms with Gasteiger partial charge in [-0.3, -0.25) is 9.88 Å². The lowest BCUT2D eigenvalue weighted by atomic mass is 10.1. The molecule has 6 nitrogen and oxygen atoms in total. The van der Waals surface area contributed by atoms with Crippen LogP contribution in [0.5, 0.6) is 0 Å². The molecule has 1 atom stereocenters. The van der Waals surface area contributed by atoms with E-state index in [1.165, 1.54) is 4.90 Å². The number of benzene rings is 1. The van der Waals surface area contributed by atoms with Gasteiger partial charge in [0.25, 0.3) is 0 Å². The van der Waals surface area contributed by atoms with Gasteiger partial charge in [-0.25, -0.2) is 9.78 Å². The number of hydrogen-bond acceptors (Lipinski definition) is 3. The maximum absolute atomic E-state index is 11.3. The summed E-state index contributed by atoms with van der Waals surface area (Å²) in [5, 5.41) is 9.31. The number of fused-ring (bicyclic) bond motifs is 1. The van der Waals surface area contributed by atoms with Gasteiger partial charge >= 0.3 is 6.09 Å². The highest BCUT2D eigenvalue weighted by molar-refractivity contribution is 9.10. The number of nitrogens with zero attached hydrogens (tertiary/aromatic N) is 3. The summed E-state index contributed by atoms with van der Waals surface area (Å²) >= 11 is 3.38. The van der Waals surface area contributed by atoms with Gasteiger partial charge in [0, 0.05) is 22.8 Å². The second kappa shape index (κ2) is 5.90. The van der Waals surface area contributed by atoms with Crippen LogP contribution < -0.4 is 0 Å². The fraction of sp³-hybridized carbons (Fsp3) is 0.235. The number of hydrogen-bond donors (Lipinski definition) is 2. The lowest BCUT2D eigenvalue weighted by Crippen LogP contribution is -2.29. The van der Waals surface area contributed by atoms with E-state index < -0.39 is 6.09 Å². The average Bonchev–Trinajstić information content (AvgIpc) is 3.21. The summed E-state index contributed by atoms with van der Waals surface area (Å²) in [7, 11) is 0. The third kappa shape index (κ3) is 2.65. The maximum atomic E-state index is 11.3. The first kappa shape index (κ1) is 15.1. The number of aromatic amines is 1. The number of imidazole rings is 1. The number of amides is 1. The molecule has 1 fully saturated rings. The predicted octanol–water partition coefficient (Wildman–Crippen LogP) is 4.20.